The first-order valence-electron chi connectivity index (χ1n) is 10.9. The summed E-state index contributed by atoms with van der Waals surface area (Å²) in [5, 5.41) is 4.58. The van der Waals surface area contributed by atoms with Crippen molar-refractivity contribution in [2.45, 2.75) is 6.61 Å². The van der Waals surface area contributed by atoms with E-state index in [4.69, 9.17) is 18.9 Å². The molecule has 0 radical (unpaired) electrons. The van der Waals surface area contributed by atoms with Crippen molar-refractivity contribution in [3.8, 4) is 28.4 Å². The summed E-state index contributed by atoms with van der Waals surface area (Å²) in [6.45, 7) is 0.0767. The topological polar surface area (TPSA) is 88.9 Å². The van der Waals surface area contributed by atoms with Gasteiger partial charge in [-0.15, -0.1) is 0 Å². The van der Waals surface area contributed by atoms with Crippen LogP contribution in [0.15, 0.2) is 72.8 Å². The van der Waals surface area contributed by atoms with Crippen LogP contribution in [0, 0.1) is 5.82 Å². The van der Waals surface area contributed by atoms with Gasteiger partial charge in [-0.3, -0.25) is 0 Å². The normalized spacial score (nSPS) is 10.6. The quantitative estimate of drug-likeness (QED) is 0.327. The van der Waals surface area contributed by atoms with E-state index in [2.05, 4.69) is 5.10 Å². The first kappa shape index (κ1) is 24.5. The summed E-state index contributed by atoms with van der Waals surface area (Å²) in [5.41, 5.74) is 1.68. The average molecular weight is 490 g/mol. The van der Waals surface area contributed by atoms with Crippen LogP contribution in [0.3, 0.4) is 0 Å². The molecule has 0 amide bonds. The van der Waals surface area contributed by atoms with Gasteiger partial charge in [0.15, 0.2) is 17.2 Å². The van der Waals surface area contributed by atoms with Gasteiger partial charge in [0.05, 0.1) is 27.0 Å². The number of benzene rings is 3. The first-order chi connectivity index (χ1) is 17.5. The molecule has 1 aromatic heterocycles. The minimum absolute atomic E-state index is 0.0607. The predicted molar refractivity (Wildman–Crippen MR) is 129 cm³/mol. The van der Waals surface area contributed by atoms with E-state index in [0.29, 0.717) is 28.3 Å². The second-order valence-electron chi connectivity index (χ2n) is 7.59. The number of carbonyl (C=O) groups excluding carboxylic acids is 2. The summed E-state index contributed by atoms with van der Waals surface area (Å²) in [4.78, 5) is 25.7. The maximum Gasteiger partial charge on any atom is 0.357 e. The smallest absolute Gasteiger partial charge is 0.357 e. The van der Waals surface area contributed by atoms with Crippen molar-refractivity contribution in [3.05, 3.63) is 95.4 Å². The highest BCUT2D eigenvalue weighted by Crippen LogP contribution is 2.36. The Kier molecular flexibility index (Phi) is 7.29. The lowest BCUT2D eigenvalue weighted by atomic mass is 10.0. The van der Waals surface area contributed by atoms with Crippen LogP contribution in [0.4, 0.5) is 4.39 Å². The third kappa shape index (κ3) is 4.90. The Morgan fingerprint density at radius 3 is 2.28 bits per heavy atom. The van der Waals surface area contributed by atoms with Crippen LogP contribution in [-0.2, 0) is 16.1 Å². The maximum absolute atomic E-state index is 13.6. The zero-order chi connectivity index (χ0) is 25.7. The average Bonchev–Trinajstić information content (AvgIpc) is 3.32. The molecule has 4 rings (SSSR count). The van der Waals surface area contributed by atoms with Gasteiger partial charge in [-0.25, -0.2) is 18.7 Å². The van der Waals surface area contributed by atoms with Crippen LogP contribution in [0.5, 0.6) is 11.5 Å². The number of rotatable bonds is 8. The van der Waals surface area contributed by atoms with Crippen molar-refractivity contribution in [2.24, 2.45) is 0 Å². The van der Waals surface area contributed by atoms with Crippen LogP contribution in [0.1, 0.15) is 26.4 Å². The molecule has 3 aromatic carbocycles. The molecule has 36 heavy (non-hydrogen) atoms. The van der Waals surface area contributed by atoms with E-state index in [1.807, 2.05) is 6.07 Å². The zero-order valence-corrected chi connectivity index (χ0v) is 19.9. The highest BCUT2D eigenvalue weighted by Gasteiger charge is 2.31. The van der Waals surface area contributed by atoms with Crippen LogP contribution in [0.2, 0.25) is 0 Å². The van der Waals surface area contributed by atoms with Crippen molar-refractivity contribution in [1.82, 2.24) is 9.78 Å². The monoisotopic (exact) mass is 490 g/mol. The lowest BCUT2D eigenvalue weighted by molar-refractivity contribution is 0.0549. The summed E-state index contributed by atoms with van der Waals surface area (Å²) >= 11 is 0. The Labute approximate surface area is 206 Å². The Morgan fingerprint density at radius 2 is 1.61 bits per heavy atom. The Bertz CT molecular complexity index is 1400. The number of ether oxygens (including phenoxy) is 4. The molecule has 0 aliphatic rings. The molecule has 9 heteroatoms. The van der Waals surface area contributed by atoms with E-state index in [1.165, 1.54) is 38.1 Å². The summed E-state index contributed by atoms with van der Waals surface area (Å²) in [6.07, 6.45) is 0. The molecule has 0 aliphatic carbocycles. The molecule has 0 saturated carbocycles. The molecule has 4 aromatic rings. The Hall–Kier alpha value is -4.66. The molecule has 8 nitrogen and oxygen atoms in total. The van der Waals surface area contributed by atoms with E-state index in [0.717, 1.165) is 0 Å². The molecule has 184 valence electrons. The molecule has 1 heterocycles. The number of hydrogen-bond donors (Lipinski definition) is 0. The lowest BCUT2D eigenvalue weighted by Gasteiger charge is -2.12. The van der Waals surface area contributed by atoms with Crippen molar-refractivity contribution in [1.29, 1.82) is 0 Å². The number of methoxy groups -OCH3 is 3. The summed E-state index contributed by atoms with van der Waals surface area (Å²) in [7, 11) is 3.93. The van der Waals surface area contributed by atoms with E-state index < -0.39 is 11.9 Å². The van der Waals surface area contributed by atoms with E-state index in [9.17, 15) is 14.0 Å². The fraction of sp³-hybridized carbons (Fsp3) is 0.148. The third-order valence-electron chi connectivity index (χ3n) is 5.37. The fourth-order valence-corrected chi connectivity index (χ4v) is 3.68. The molecule has 0 unspecified atom stereocenters. The van der Waals surface area contributed by atoms with Crippen molar-refractivity contribution < 1.29 is 32.9 Å². The van der Waals surface area contributed by atoms with Gasteiger partial charge in [-0.1, -0.05) is 30.3 Å². The van der Waals surface area contributed by atoms with Gasteiger partial charge in [-0.05, 0) is 48.0 Å². The molecule has 0 fully saturated rings. The van der Waals surface area contributed by atoms with Crippen LogP contribution >= 0.6 is 0 Å². The second kappa shape index (κ2) is 10.7. The number of esters is 2. The largest absolute Gasteiger partial charge is 0.493 e. The maximum atomic E-state index is 13.6. The van der Waals surface area contributed by atoms with Gasteiger partial charge < -0.3 is 18.9 Å². The van der Waals surface area contributed by atoms with Crippen LogP contribution in [0.25, 0.3) is 16.9 Å². The molecule has 0 aliphatic heterocycles. The molecular formula is C27H23FN2O6. The fourth-order valence-electron chi connectivity index (χ4n) is 3.68. The van der Waals surface area contributed by atoms with Gasteiger partial charge in [0.1, 0.15) is 23.7 Å². The molecule has 0 N–H and O–H groups in total. The number of para-hydroxylation sites is 1. The number of carbonyl (C=O) groups is 2. The third-order valence-corrected chi connectivity index (χ3v) is 5.37. The first-order valence-corrected chi connectivity index (χ1v) is 10.9. The predicted octanol–water partition coefficient (Wildman–Crippen LogP) is 4.84. The van der Waals surface area contributed by atoms with E-state index >= 15 is 0 Å². The Morgan fingerprint density at radius 1 is 0.861 bits per heavy atom. The molecule has 0 spiro atoms. The van der Waals surface area contributed by atoms with Gasteiger partial charge in [0.2, 0.25) is 0 Å². The Balaban J connectivity index is 1.85. The second-order valence-corrected chi connectivity index (χ2v) is 7.59. The molecule has 0 atom stereocenters. The van der Waals surface area contributed by atoms with Crippen molar-refractivity contribution in [2.75, 3.05) is 21.3 Å². The minimum Gasteiger partial charge on any atom is -0.493 e. The van der Waals surface area contributed by atoms with Gasteiger partial charge >= 0.3 is 11.9 Å². The number of nitrogens with zero attached hydrogens (tertiary/aromatic N) is 2. The number of hydrogen-bond acceptors (Lipinski definition) is 7. The van der Waals surface area contributed by atoms with Gasteiger partial charge in [0.25, 0.3) is 0 Å². The molecule has 0 bridgehead atoms. The number of aromatic nitrogens is 2. The van der Waals surface area contributed by atoms with Gasteiger partial charge in [0, 0.05) is 5.56 Å². The summed E-state index contributed by atoms with van der Waals surface area (Å²) < 4.78 is 36.2. The SMILES string of the molecule is COC(=O)c1c(-c2ccc(OC)c(OCc3cccc(F)c3)c2)nn(-c2ccccc2)c1C(=O)OC. The highest BCUT2D eigenvalue weighted by atomic mass is 19.1. The van der Waals surface area contributed by atoms with Crippen LogP contribution < -0.4 is 9.47 Å². The van der Waals surface area contributed by atoms with E-state index in [1.54, 1.807) is 54.6 Å². The van der Waals surface area contributed by atoms with Gasteiger partial charge in [-0.2, -0.15) is 5.10 Å². The number of halogens is 1. The summed E-state index contributed by atoms with van der Waals surface area (Å²) in [6, 6.07) is 19.9. The van der Waals surface area contributed by atoms with Crippen molar-refractivity contribution >= 4 is 11.9 Å². The minimum atomic E-state index is -0.759. The molecule has 0 saturated heterocycles. The van der Waals surface area contributed by atoms with E-state index in [-0.39, 0.29) is 29.4 Å². The standard InChI is InChI=1S/C27H23FN2O6/c1-33-21-13-12-18(15-22(21)36-16-17-8-7-9-19(28)14-17)24-23(26(31)34-2)25(27(32)35-3)30(29-24)20-10-5-4-6-11-20/h4-15H,16H2,1-3H3. The van der Waals surface area contributed by atoms with Crippen LogP contribution in [-0.4, -0.2) is 43.0 Å². The summed E-state index contributed by atoms with van der Waals surface area (Å²) in [5.74, 6) is -1.13. The highest BCUT2D eigenvalue weighted by molar-refractivity contribution is 6.06. The molecular weight excluding hydrogens is 467 g/mol. The zero-order valence-electron chi connectivity index (χ0n) is 19.9. The lowest BCUT2D eigenvalue weighted by Crippen LogP contribution is -2.15. The van der Waals surface area contributed by atoms with Crippen molar-refractivity contribution in [3.63, 3.8) is 0 Å².